The Labute approximate surface area is 83.4 Å². The van der Waals surface area contributed by atoms with Gasteiger partial charge in [-0.3, -0.25) is 4.79 Å². The largest absolute Gasteiger partial charge is 0.381 e. The highest BCUT2D eigenvalue weighted by molar-refractivity contribution is 5.79. The van der Waals surface area contributed by atoms with E-state index in [9.17, 15) is 4.79 Å². The molecular formula is C10H14N2O2. The lowest BCUT2D eigenvalue weighted by Crippen LogP contribution is -2.48. The van der Waals surface area contributed by atoms with Crippen LogP contribution in [0, 0.1) is 17.2 Å². The van der Waals surface area contributed by atoms with Crippen LogP contribution in [0.25, 0.3) is 0 Å². The van der Waals surface area contributed by atoms with Gasteiger partial charge in [0.25, 0.3) is 0 Å². The van der Waals surface area contributed by atoms with Crippen LogP contribution in [0.2, 0.25) is 0 Å². The predicted octanol–water partition coefficient (Wildman–Crippen LogP) is 0.536. The molecule has 1 saturated carbocycles. The van der Waals surface area contributed by atoms with Crippen LogP contribution in [0.15, 0.2) is 0 Å². The van der Waals surface area contributed by atoms with E-state index in [0.717, 1.165) is 12.8 Å². The second-order valence-corrected chi connectivity index (χ2v) is 4.06. The second-order valence-electron chi connectivity index (χ2n) is 4.06. The van der Waals surface area contributed by atoms with Crippen LogP contribution in [0.4, 0.5) is 0 Å². The Morgan fingerprint density at radius 3 is 2.79 bits per heavy atom. The van der Waals surface area contributed by atoms with Crippen molar-refractivity contribution >= 4 is 5.91 Å². The first-order chi connectivity index (χ1) is 6.74. The standard InChI is InChI=1S/C10H14N2O2/c1-14-9-3-8(4-9)12-6-7(5-11)2-10(12)13/h7-9H,2-4,6H2,1H3. The van der Waals surface area contributed by atoms with Crippen LogP contribution in [-0.4, -0.2) is 36.6 Å². The molecule has 2 rings (SSSR count). The van der Waals surface area contributed by atoms with Crippen LogP contribution >= 0.6 is 0 Å². The summed E-state index contributed by atoms with van der Waals surface area (Å²) in [4.78, 5) is 13.4. The number of likely N-dealkylation sites (tertiary alicyclic amines) is 1. The monoisotopic (exact) mass is 194 g/mol. The Hall–Kier alpha value is -1.08. The van der Waals surface area contributed by atoms with Gasteiger partial charge in [0.2, 0.25) is 5.91 Å². The van der Waals surface area contributed by atoms with Gasteiger partial charge in [-0.25, -0.2) is 0 Å². The fourth-order valence-electron chi connectivity index (χ4n) is 2.16. The number of hydrogen-bond donors (Lipinski definition) is 0. The molecule has 0 spiro atoms. The SMILES string of the molecule is COC1CC(N2CC(C#N)CC2=O)C1. The zero-order chi connectivity index (χ0) is 10.1. The van der Waals surface area contributed by atoms with Crippen LogP contribution < -0.4 is 0 Å². The van der Waals surface area contributed by atoms with E-state index in [0.29, 0.717) is 25.1 Å². The van der Waals surface area contributed by atoms with Crippen LogP contribution in [-0.2, 0) is 9.53 Å². The first-order valence-electron chi connectivity index (χ1n) is 4.96. The molecule has 1 amide bonds. The predicted molar refractivity (Wildman–Crippen MR) is 49.3 cm³/mol. The number of nitriles is 1. The van der Waals surface area contributed by atoms with Gasteiger partial charge in [0, 0.05) is 26.1 Å². The van der Waals surface area contributed by atoms with Crippen molar-refractivity contribution in [2.75, 3.05) is 13.7 Å². The van der Waals surface area contributed by atoms with Crippen molar-refractivity contribution in [3.63, 3.8) is 0 Å². The molecule has 0 radical (unpaired) electrons. The number of hydrogen-bond acceptors (Lipinski definition) is 3. The maximum Gasteiger partial charge on any atom is 0.224 e. The van der Waals surface area contributed by atoms with Gasteiger partial charge in [-0.1, -0.05) is 0 Å². The van der Waals surface area contributed by atoms with E-state index >= 15 is 0 Å². The Balaban J connectivity index is 1.89. The summed E-state index contributed by atoms with van der Waals surface area (Å²) in [7, 11) is 1.70. The molecule has 1 aliphatic carbocycles. The van der Waals surface area contributed by atoms with E-state index in [2.05, 4.69) is 6.07 Å². The molecule has 76 valence electrons. The molecule has 1 aliphatic heterocycles. The van der Waals surface area contributed by atoms with Gasteiger partial charge in [0.15, 0.2) is 0 Å². The van der Waals surface area contributed by atoms with Crippen LogP contribution in [0.5, 0.6) is 0 Å². The second kappa shape index (κ2) is 3.58. The smallest absolute Gasteiger partial charge is 0.224 e. The molecule has 0 aromatic rings. The zero-order valence-electron chi connectivity index (χ0n) is 8.27. The summed E-state index contributed by atoms with van der Waals surface area (Å²) >= 11 is 0. The molecule has 1 unspecified atom stereocenters. The third-order valence-electron chi connectivity index (χ3n) is 3.19. The molecule has 2 fully saturated rings. The van der Waals surface area contributed by atoms with E-state index in [1.807, 2.05) is 4.90 Å². The van der Waals surface area contributed by atoms with E-state index < -0.39 is 0 Å². The van der Waals surface area contributed by atoms with E-state index in [1.54, 1.807) is 7.11 Å². The molecule has 4 nitrogen and oxygen atoms in total. The van der Waals surface area contributed by atoms with Gasteiger partial charge in [-0.2, -0.15) is 5.26 Å². The third-order valence-corrected chi connectivity index (χ3v) is 3.19. The maximum absolute atomic E-state index is 11.5. The summed E-state index contributed by atoms with van der Waals surface area (Å²) in [6, 6.07) is 2.48. The Bertz CT molecular complexity index is 278. The van der Waals surface area contributed by atoms with E-state index in [4.69, 9.17) is 10.00 Å². The number of methoxy groups -OCH3 is 1. The Morgan fingerprint density at radius 1 is 1.57 bits per heavy atom. The third kappa shape index (κ3) is 1.48. The first kappa shape index (κ1) is 9.47. The highest BCUT2D eigenvalue weighted by Crippen LogP contribution is 2.32. The van der Waals surface area contributed by atoms with Gasteiger partial charge in [0.05, 0.1) is 18.1 Å². The number of nitrogens with zero attached hydrogens (tertiary/aromatic N) is 2. The van der Waals surface area contributed by atoms with Crippen molar-refractivity contribution in [2.45, 2.75) is 31.4 Å². The van der Waals surface area contributed by atoms with Crippen LogP contribution in [0.3, 0.4) is 0 Å². The lowest BCUT2D eigenvalue weighted by atomic mass is 9.88. The molecule has 14 heavy (non-hydrogen) atoms. The summed E-state index contributed by atoms with van der Waals surface area (Å²) < 4.78 is 5.16. The lowest BCUT2D eigenvalue weighted by Gasteiger charge is -2.40. The molecule has 1 atom stereocenters. The normalized spacial score (nSPS) is 36.7. The van der Waals surface area contributed by atoms with Gasteiger partial charge in [-0.15, -0.1) is 0 Å². The molecule has 0 bridgehead atoms. The minimum absolute atomic E-state index is 0.0934. The van der Waals surface area contributed by atoms with Gasteiger partial charge >= 0.3 is 0 Å². The summed E-state index contributed by atoms with van der Waals surface area (Å²) in [6.45, 7) is 0.621. The molecule has 2 aliphatic rings. The van der Waals surface area contributed by atoms with Gasteiger partial charge in [0.1, 0.15) is 0 Å². The van der Waals surface area contributed by atoms with Crippen molar-refractivity contribution in [3.05, 3.63) is 0 Å². The zero-order valence-corrected chi connectivity index (χ0v) is 8.27. The molecule has 0 aromatic heterocycles. The average molecular weight is 194 g/mol. The molecule has 1 heterocycles. The average Bonchev–Trinajstić information content (AvgIpc) is 2.46. The van der Waals surface area contributed by atoms with Crippen LogP contribution in [0.1, 0.15) is 19.3 Å². The van der Waals surface area contributed by atoms with Crippen molar-refractivity contribution in [2.24, 2.45) is 5.92 Å². The van der Waals surface area contributed by atoms with E-state index in [1.165, 1.54) is 0 Å². The fourth-order valence-corrected chi connectivity index (χ4v) is 2.16. The molecule has 1 saturated heterocycles. The number of amides is 1. The highest BCUT2D eigenvalue weighted by atomic mass is 16.5. The lowest BCUT2D eigenvalue weighted by molar-refractivity contribution is -0.134. The maximum atomic E-state index is 11.5. The minimum Gasteiger partial charge on any atom is -0.381 e. The number of ether oxygens (including phenoxy) is 1. The Kier molecular flexibility index (Phi) is 2.42. The quantitative estimate of drug-likeness (QED) is 0.644. The minimum atomic E-state index is -0.0934. The van der Waals surface area contributed by atoms with Crippen molar-refractivity contribution in [3.8, 4) is 6.07 Å². The summed E-state index contributed by atoms with van der Waals surface area (Å²) in [6.07, 6.45) is 2.58. The number of rotatable bonds is 2. The van der Waals surface area contributed by atoms with E-state index in [-0.39, 0.29) is 11.8 Å². The number of carbonyl (C=O) groups is 1. The summed E-state index contributed by atoms with van der Waals surface area (Å²) in [5.74, 6) is 0.0418. The van der Waals surface area contributed by atoms with Crippen molar-refractivity contribution < 1.29 is 9.53 Å². The number of carbonyl (C=O) groups excluding carboxylic acids is 1. The molecule has 4 heteroatoms. The summed E-state index contributed by atoms with van der Waals surface area (Å²) in [5, 5.41) is 8.72. The highest BCUT2D eigenvalue weighted by Gasteiger charge is 2.40. The molecule has 0 N–H and O–H groups in total. The first-order valence-corrected chi connectivity index (χ1v) is 4.96. The van der Waals surface area contributed by atoms with Crippen molar-refractivity contribution in [1.29, 1.82) is 5.26 Å². The molecule has 0 aromatic carbocycles. The fraction of sp³-hybridized carbons (Fsp3) is 0.800. The Morgan fingerprint density at radius 2 is 2.29 bits per heavy atom. The topological polar surface area (TPSA) is 53.3 Å². The van der Waals surface area contributed by atoms with Gasteiger partial charge in [-0.05, 0) is 12.8 Å². The molecular weight excluding hydrogens is 180 g/mol. The van der Waals surface area contributed by atoms with Crippen molar-refractivity contribution in [1.82, 2.24) is 4.90 Å². The van der Waals surface area contributed by atoms with Gasteiger partial charge < -0.3 is 9.64 Å². The summed E-state index contributed by atoms with van der Waals surface area (Å²) in [5.41, 5.74) is 0.